The van der Waals surface area contributed by atoms with Crippen molar-refractivity contribution in [3.63, 3.8) is 0 Å². The lowest BCUT2D eigenvalue weighted by atomic mass is 10.3. The number of nitrogens with zero attached hydrogens (tertiary/aromatic N) is 2. The molecule has 0 spiro atoms. The average Bonchev–Trinajstić information content (AvgIpc) is 2.84. The Bertz CT molecular complexity index is 548. The number of halogens is 2. The van der Waals surface area contributed by atoms with E-state index < -0.39 is 0 Å². The molecule has 0 saturated heterocycles. The maximum atomic E-state index is 6.01. The number of aryl methyl sites for hydroxylation is 1. The van der Waals surface area contributed by atoms with Gasteiger partial charge in [-0.05, 0) is 24.6 Å². The lowest BCUT2D eigenvalue weighted by Gasteiger charge is -2.07. The highest BCUT2D eigenvalue weighted by molar-refractivity contribution is 7.15. The molecule has 0 atom stereocenters. The lowest BCUT2D eigenvalue weighted by molar-refractivity contribution is 0.311. The third-order valence-corrected chi connectivity index (χ3v) is 3.90. The van der Waals surface area contributed by atoms with Crippen LogP contribution < -0.4 is 10.1 Å². The number of anilines is 1. The third kappa shape index (κ3) is 4.23. The molecule has 19 heavy (non-hydrogen) atoms. The van der Waals surface area contributed by atoms with Crippen LogP contribution in [-0.2, 0) is 6.42 Å². The SMILES string of the molecule is CNc1nnc(CCCOc2ccc(Cl)cc2Cl)s1. The molecule has 0 radical (unpaired) electrons. The molecule has 4 nitrogen and oxygen atoms in total. The van der Waals surface area contributed by atoms with E-state index in [9.17, 15) is 0 Å². The van der Waals surface area contributed by atoms with Crippen LogP contribution in [-0.4, -0.2) is 23.9 Å². The summed E-state index contributed by atoms with van der Waals surface area (Å²) in [6.45, 7) is 0.579. The third-order valence-electron chi connectivity index (χ3n) is 2.37. The molecule has 1 aromatic heterocycles. The average molecular weight is 318 g/mol. The Morgan fingerprint density at radius 3 is 2.84 bits per heavy atom. The summed E-state index contributed by atoms with van der Waals surface area (Å²) in [5.41, 5.74) is 0. The van der Waals surface area contributed by atoms with Gasteiger partial charge in [0.05, 0.1) is 11.6 Å². The summed E-state index contributed by atoms with van der Waals surface area (Å²) < 4.78 is 5.60. The number of hydrogen-bond acceptors (Lipinski definition) is 5. The van der Waals surface area contributed by atoms with Crippen molar-refractivity contribution in [3.8, 4) is 5.75 Å². The van der Waals surface area contributed by atoms with E-state index in [1.807, 2.05) is 7.05 Å². The summed E-state index contributed by atoms with van der Waals surface area (Å²) in [6, 6.07) is 5.20. The van der Waals surface area contributed by atoms with E-state index in [1.54, 1.807) is 29.5 Å². The molecule has 1 N–H and O–H groups in total. The first-order valence-electron chi connectivity index (χ1n) is 5.77. The number of hydrogen-bond donors (Lipinski definition) is 1. The van der Waals surface area contributed by atoms with Crippen LogP contribution in [0.1, 0.15) is 11.4 Å². The zero-order chi connectivity index (χ0) is 13.7. The minimum Gasteiger partial charge on any atom is -0.492 e. The first-order valence-corrected chi connectivity index (χ1v) is 7.34. The fourth-order valence-corrected chi connectivity index (χ4v) is 2.65. The quantitative estimate of drug-likeness (QED) is 0.821. The Hall–Kier alpha value is -1.04. The second kappa shape index (κ2) is 6.93. The zero-order valence-corrected chi connectivity index (χ0v) is 12.6. The van der Waals surface area contributed by atoms with Gasteiger partial charge in [-0.25, -0.2) is 0 Å². The Labute approximate surface area is 125 Å². The van der Waals surface area contributed by atoms with Gasteiger partial charge >= 0.3 is 0 Å². The Morgan fingerprint density at radius 2 is 2.16 bits per heavy atom. The van der Waals surface area contributed by atoms with Crippen LogP contribution in [0.4, 0.5) is 5.13 Å². The Morgan fingerprint density at radius 1 is 1.32 bits per heavy atom. The zero-order valence-electron chi connectivity index (χ0n) is 10.3. The van der Waals surface area contributed by atoms with Crippen molar-refractivity contribution >= 4 is 39.7 Å². The van der Waals surface area contributed by atoms with E-state index in [1.165, 1.54) is 0 Å². The Kier molecular flexibility index (Phi) is 5.24. The van der Waals surface area contributed by atoms with Gasteiger partial charge in [0.25, 0.3) is 0 Å². The molecule has 0 fully saturated rings. The van der Waals surface area contributed by atoms with E-state index in [2.05, 4.69) is 15.5 Å². The first kappa shape index (κ1) is 14.4. The molecule has 0 bridgehead atoms. The number of ether oxygens (including phenoxy) is 1. The lowest BCUT2D eigenvalue weighted by Crippen LogP contribution is -1.99. The van der Waals surface area contributed by atoms with Crippen LogP contribution in [0.3, 0.4) is 0 Å². The summed E-state index contributed by atoms with van der Waals surface area (Å²) in [5.74, 6) is 0.652. The van der Waals surface area contributed by atoms with Gasteiger partial charge in [0, 0.05) is 18.5 Å². The molecule has 1 heterocycles. The van der Waals surface area contributed by atoms with Gasteiger partial charge in [0.15, 0.2) is 0 Å². The van der Waals surface area contributed by atoms with Crippen LogP contribution in [0.25, 0.3) is 0 Å². The van der Waals surface area contributed by atoms with Crippen molar-refractivity contribution in [3.05, 3.63) is 33.3 Å². The van der Waals surface area contributed by atoms with E-state index in [0.29, 0.717) is 22.4 Å². The van der Waals surface area contributed by atoms with E-state index in [-0.39, 0.29) is 0 Å². The molecule has 0 amide bonds. The number of rotatable bonds is 6. The summed E-state index contributed by atoms with van der Waals surface area (Å²) in [5, 5.41) is 14.0. The van der Waals surface area contributed by atoms with Crippen molar-refractivity contribution in [1.29, 1.82) is 0 Å². The van der Waals surface area contributed by atoms with Crippen LogP contribution in [0.15, 0.2) is 18.2 Å². The smallest absolute Gasteiger partial charge is 0.205 e. The topological polar surface area (TPSA) is 47.0 Å². The molecule has 0 aliphatic heterocycles. The maximum Gasteiger partial charge on any atom is 0.205 e. The number of nitrogens with one attached hydrogen (secondary N) is 1. The second-order valence-corrected chi connectivity index (χ2v) is 5.68. The van der Waals surface area contributed by atoms with Gasteiger partial charge in [-0.15, -0.1) is 10.2 Å². The standard InChI is InChI=1S/C12H13Cl2N3OS/c1-15-12-17-16-11(19-12)3-2-6-18-10-5-4-8(13)7-9(10)14/h4-5,7H,2-3,6H2,1H3,(H,15,17). The highest BCUT2D eigenvalue weighted by Gasteiger charge is 2.04. The van der Waals surface area contributed by atoms with Gasteiger partial charge in [-0.1, -0.05) is 34.5 Å². The first-order chi connectivity index (χ1) is 9.19. The Balaban J connectivity index is 1.77. The van der Waals surface area contributed by atoms with Crippen LogP contribution >= 0.6 is 34.5 Å². The normalized spacial score (nSPS) is 10.5. The van der Waals surface area contributed by atoms with Crippen molar-refractivity contribution in [1.82, 2.24) is 10.2 Å². The minimum atomic E-state index is 0.529. The fraction of sp³-hybridized carbons (Fsp3) is 0.333. The largest absolute Gasteiger partial charge is 0.492 e. The highest BCUT2D eigenvalue weighted by atomic mass is 35.5. The maximum absolute atomic E-state index is 6.01. The second-order valence-electron chi connectivity index (χ2n) is 3.78. The van der Waals surface area contributed by atoms with E-state index >= 15 is 0 Å². The molecule has 0 unspecified atom stereocenters. The van der Waals surface area contributed by atoms with Crippen molar-refractivity contribution in [2.45, 2.75) is 12.8 Å². The predicted octanol–water partition coefficient (Wildman–Crippen LogP) is 3.90. The summed E-state index contributed by atoms with van der Waals surface area (Å²) in [7, 11) is 1.83. The molecule has 2 rings (SSSR count). The van der Waals surface area contributed by atoms with Crippen molar-refractivity contribution < 1.29 is 4.74 Å². The molecular formula is C12H13Cl2N3OS. The molecule has 1 aromatic carbocycles. The number of benzene rings is 1. The molecule has 0 aliphatic rings. The molecule has 0 saturated carbocycles. The van der Waals surface area contributed by atoms with Crippen LogP contribution in [0, 0.1) is 0 Å². The van der Waals surface area contributed by atoms with Gasteiger partial charge in [0.1, 0.15) is 10.8 Å². The predicted molar refractivity (Wildman–Crippen MR) is 79.7 cm³/mol. The fourth-order valence-electron chi connectivity index (χ4n) is 1.45. The molecule has 0 aliphatic carbocycles. The molecule has 2 aromatic rings. The highest BCUT2D eigenvalue weighted by Crippen LogP contribution is 2.27. The monoisotopic (exact) mass is 317 g/mol. The van der Waals surface area contributed by atoms with Crippen molar-refractivity contribution in [2.75, 3.05) is 19.0 Å². The minimum absolute atomic E-state index is 0.529. The van der Waals surface area contributed by atoms with Crippen LogP contribution in [0.5, 0.6) is 5.75 Å². The van der Waals surface area contributed by atoms with E-state index in [0.717, 1.165) is 23.0 Å². The molecular weight excluding hydrogens is 305 g/mol. The van der Waals surface area contributed by atoms with Crippen LogP contribution in [0.2, 0.25) is 10.0 Å². The van der Waals surface area contributed by atoms with E-state index in [4.69, 9.17) is 27.9 Å². The van der Waals surface area contributed by atoms with Gasteiger partial charge in [0.2, 0.25) is 5.13 Å². The summed E-state index contributed by atoms with van der Waals surface area (Å²) in [6.07, 6.45) is 1.70. The van der Waals surface area contributed by atoms with Crippen molar-refractivity contribution in [2.24, 2.45) is 0 Å². The summed E-state index contributed by atoms with van der Waals surface area (Å²) in [4.78, 5) is 0. The van der Waals surface area contributed by atoms with Gasteiger partial charge < -0.3 is 10.1 Å². The van der Waals surface area contributed by atoms with Gasteiger partial charge in [-0.2, -0.15) is 0 Å². The van der Waals surface area contributed by atoms with Gasteiger partial charge in [-0.3, -0.25) is 0 Å². The number of aromatic nitrogens is 2. The molecule has 102 valence electrons. The molecule has 7 heteroatoms. The summed E-state index contributed by atoms with van der Waals surface area (Å²) >= 11 is 13.4.